The highest BCUT2D eigenvalue weighted by Gasteiger charge is 2.43. The van der Waals surface area contributed by atoms with Crippen molar-refractivity contribution in [3.63, 3.8) is 0 Å². The van der Waals surface area contributed by atoms with Gasteiger partial charge in [0.05, 0.1) is 24.9 Å². The third kappa shape index (κ3) is 11.6. The van der Waals surface area contributed by atoms with E-state index < -0.39 is 44.8 Å². The summed E-state index contributed by atoms with van der Waals surface area (Å²) in [4.78, 5) is 17.2. The summed E-state index contributed by atoms with van der Waals surface area (Å²) in [7, 11) is -4.77. The average Bonchev–Trinajstić information content (AvgIpc) is 2.71. The molecule has 3 atom stereocenters. The van der Waals surface area contributed by atoms with E-state index in [1.54, 1.807) is 0 Å². The van der Waals surface area contributed by atoms with Crippen LogP contribution < -0.4 is 5.73 Å². The van der Waals surface area contributed by atoms with Crippen molar-refractivity contribution in [3.05, 3.63) is 58.7 Å². The van der Waals surface area contributed by atoms with Gasteiger partial charge in [-0.05, 0) is 37.0 Å². The number of aliphatic hydroxyl groups is 2. The van der Waals surface area contributed by atoms with Crippen LogP contribution in [-0.4, -0.2) is 51.0 Å². The molecule has 1 aromatic carbocycles. The highest BCUT2D eigenvalue weighted by molar-refractivity contribution is 7.46. The molecule has 1 aromatic rings. The van der Waals surface area contributed by atoms with E-state index in [0.29, 0.717) is 0 Å². The van der Waals surface area contributed by atoms with Crippen molar-refractivity contribution < 1.29 is 42.3 Å². The Balaban J connectivity index is 0.000000451. The van der Waals surface area contributed by atoms with Crippen molar-refractivity contribution in [3.8, 4) is 0 Å². The third-order valence-electron chi connectivity index (χ3n) is 4.82. The van der Waals surface area contributed by atoms with Gasteiger partial charge in [0.25, 0.3) is 0 Å². The Kier molecular flexibility index (Phi) is 11.8. The van der Waals surface area contributed by atoms with Crippen molar-refractivity contribution in [2.24, 2.45) is 11.7 Å². The first kappa shape index (κ1) is 29.8. The number of hydrogen-bond donors (Lipinski definition) is 5. The number of allylic oxidation sites excluding steroid dienone is 2. The van der Waals surface area contributed by atoms with Gasteiger partial charge in [-0.15, -0.1) is 0 Å². The van der Waals surface area contributed by atoms with Gasteiger partial charge in [-0.3, -0.25) is 4.52 Å². The predicted octanol–water partition coefficient (Wildman–Crippen LogP) is 3.89. The van der Waals surface area contributed by atoms with Crippen molar-refractivity contribution in [2.45, 2.75) is 50.4 Å². The molecule has 0 bridgehead atoms. The third-order valence-corrected chi connectivity index (χ3v) is 5.52. The van der Waals surface area contributed by atoms with Crippen LogP contribution in [0.25, 0.3) is 0 Å². The van der Waals surface area contributed by atoms with E-state index in [1.165, 1.54) is 18.1 Å². The quantitative estimate of drug-likeness (QED) is 0.315. The molecule has 0 aliphatic heterocycles. The van der Waals surface area contributed by atoms with Crippen LogP contribution in [0.2, 0.25) is 5.02 Å². The molecule has 0 fully saturated rings. The van der Waals surface area contributed by atoms with E-state index in [2.05, 4.69) is 17.5 Å². The molecule has 0 saturated heterocycles. The fourth-order valence-corrected chi connectivity index (χ4v) is 3.60. The van der Waals surface area contributed by atoms with Gasteiger partial charge < -0.3 is 25.7 Å². The van der Waals surface area contributed by atoms with Gasteiger partial charge in [-0.2, -0.15) is 13.2 Å². The van der Waals surface area contributed by atoms with E-state index >= 15 is 0 Å². The molecular weight excluding hydrogens is 486 g/mol. The molecule has 188 valence electrons. The SMILES string of the molecule is CCCc1cccc(Cl)c1.NC(CO)(CCC1=CC(C(F)(F)F)C(O)C=C1)COP(=O)(O)O. The lowest BCUT2D eigenvalue weighted by Gasteiger charge is -2.29. The Bertz CT molecular complexity index is 861. The Morgan fingerprint density at radius 1 is 1.24 bits per heavy atom. The Morgan fingerprint density at radius 2 is 1.91 bits per heavy atom. The monoisotopic (exact) mass is 515 g/mol. The van der Waals surface area contributed by atoms with Crippen LogP contribution in [0.5, 0.6) is 0 Å². The van der Waals surface area contributed by atoms with E-state index in [4.69, 9.17) is 27.1 Å². The fourth-order valence-electron chi connectivity index (χ4n) is 2.97. The van der Waals surface area contributed by atoms with Crippen LogP contribution in [0.1, 0.15) is 31.7 Å². The molecule has 0 heterocycles. The number of rotatable bonds is 9. The Labute approximate surface area is 196 Å². The number of nitrogens with two attached hydrogens (primary N) is 1. The number of alkyl halides is 3. The van der Waals surface area contributed by atoms with Gasteiger partial charge in [0.1, 0.15) is 5.92 Å². The first-order valence-corrected chi connectivity index (χ1v) is 12.1. The molecule has 6 N–H and O–H groups in total. The number of aryl methyl sites for hydroxylation is 1. The zero-order chi connectivity index (χ0) is 25.3. The standard InChI is InChI=1S/C12H19F3NO6P.C9H11Cl/c13-12(14,15)9-5-8(1-2-10(9)18)3-4-11(16,6-17)7-22-23(19,20)21;1-2-4-8-5-3-6-9(10)7-8/h1-2,5,9-10,17-18H,3-4,6-7,16H2,(H2,19,20,21);3,5-7H,2,4H2,1H3. The second kappa shape index (κ2) is 13.0. The summed E-state index contributed by atoms with van der Waals surface area (Å²) in [5.41, 5.74) is 5.79. The Hall–Kier alpha value is -1.23. The summed E-state index contributed by atoms with van der Waals surface area (Å²) < 4.78 is 53.1. The maximum atomic E-state index is 12.7. The van der Waals surface area contributed by atoms with E-state index in [1.807, 2.05) is 18.2 Å². The maximum Gasteiger partial charge on any atom is 0.469 e. The first-order valence-electron chi connectivity index (χ1n) is 10.2. The van der Waals surface area contributed by atoms with Crippen LogP contribution in [0, 0.1) is 5.92 Å². The molecule has 0 radical (unpaired) electrons. The fraction of sp³-hybridized carbons (Fsp3) is 0.524. The highest BCUT2D eigenvalue weighted by atomic mass is 35.5. The van der Waals surface area contributed by atoms with E-state index in [0.717, 1.165) is 23.6 Å². The minimum atomic E-state index is -4.77. The van der Waals surface area contributed by atoms with Gasteiger partial charge in [-0.25, -0.2) is 4.57 Å². The van der Waals surface area contributed by atoms with Crippen LogP contribution in [0.15, 0.2) is 48.1 Å². The van der Waals surface area contributed by atoms with E-state index in [9.17, 15) is 27.9 Å². The van der Waals surface area contributed by atoms with Gasteiger partial charge in [-0.1, -0.05) is 60.9 Å². The number of benzene rings is 1. The number of aliphatic hydroxyl groups excluding tert-OH is 2. The molecule has 7 nitrogen and oxygen atoms in total. The molecule has 12 heteroatoms. The van der Waals surface area contributed by atoms with Gasteiger partial charge >= 0.3 is 14.0 Å². The summed E-state index contributed by atoms with van der Waals surface area (Å²) >= 11 is 5.78. The molecule has 3 unspecified atom stereocenters. The van der Waals surface area contributed by atoms with Crippen molar-refractivity contribution in [1.29, 1.82) is 0 Å². The lowest BCUT2D eigenvalue weighted by molar-refractivity contribution is -0.179. The van der Waals surface area contributed by atoms with E-state index in [-0.39, 0.29) is 18.4 Å². The summed E-state index contributed by atoms with van der Waals surface area (Å²) in [6, 6.07) is 8.02. The van der Waals surface area contributed by atoms with Gasteiger partial charge in [0.15, 0.2) is 0 Å². The molecule has 0 amide bonds. The molecule has 0 spiro atoms. The Morgan fingerprint density at radius 3 is 2.42 bits per heavy atom. The summed E-state index contributed by atoms with van der Waals surface area (Å²) in [6.07, 6.45) is -0.830. The van der Waals surface area contributed by atoms with Crippen LogP contribution >= 0.6 is 19.4 Å². The zero-order valence-corrected chi connectivity index (χ0v) is 19.7. The van der Waals surface area contributed by atoms with Crippen LogP contribution in [0.3, 0.4) is 0 Å². The second-order valence-corrected chi connectivity index (χ2v) is 9.50. The predicted molar refractivity (Wildman–Crippen MR) is 119 cm³/mol. The second-order valence-electron chi connectivity index (χ2n) is 7.82. The largest absolute Gasteiger partial charge is 0.469 e. The normalized spacial score (nSPS) is 20.5. The molecule has 1 aliphatic rings. The number of phosphoric ester groups is 1. The summed E-state index contributed by atoms with van der Waals surface area (Å²) in [5.74, 6) is -2.03. The molecule has 1 aliphatic carbocycles. The summed E-state index contributed by atoms with van der Waals surface area (Å²) in [5, 5.41) is 19.4. The summed E-state index contributed by atoms with van der Waals surface area (Å²) in [6.45, 7) is 0.840. The first-order chi connectivity index (χ1) is 15.2. The van der Waals surface area contributed by atoms with Crippen LogP contribution in [0.4, 0.5) is 13.2 Å². The van der Waals surface area contributed by atoms with Crippen molar-refractivity contribution in [1.82, 2.24) is 0 Å². The molecule has 0 saturated carbocycles. The minimum Gasteiger partial charge on any atom is -0.394 e. The number of halogens is 4. The number of phosphoric acid groups is 1. The highest BCUT2D eigenvalue weighted by Crippen LogP contribution is 2.38. The lowest BCUT2D eigenvalue weighted by Crippen LogP contribution is -2.48. The maximum absolute atomic E-state index is 12.7. The topological polar surface area (TPSA) is 133 Å². The van der Waals surface area contributed by atoms with Crippen LogP contribution in [-0.2, 0) is 15.5 Å². The molecule has 2 rings (SSSR count). The zero-order valence-electron chi connectivity index (χ0n) is 18.1. The number of hydrogen-bond acceptors (Lipinski definition) is 5. The smallest absolute Gasteiger partial charge is 0.394 e. The molecule has 33 heavy (non-hydrogen) atoms. The van der Waals surface area contributed by atoms with Gasteiger partial charge in [0.2, 0.25) is 0 Å². The average molecular weight is 516 g/mol. The molecule has 0 aromatic heterocycles. The minimum absolute atomic E-state index is 0.0113. The van der Waals surface area contributed by atoms with Gasteiger partial charge in [0, 0.05) is 5.02 Å². The lowest BCUT2D eigenvalue weighted by atomic mass is 9.88. The molecular formula is C21H30ClF3NO6P. The van der Waals surface area contributed by atoms with Crippen molar-refractivity contribution >= 4 is 19.4 Å². The van der Waals surface area contributed by atoms with Crippen molar-refractivity contribution in [2.75, 3.05) is 13.2 Å².